The molecule has 2 aromatic rings. The number of rotatable bonds is 3. The average molecular weight is 325 g/mol. The summed E-state index contributed by atoms with van der Waals surface area (Å²) in [5, 5.41) is 0. The molecule has 6 nitrogen and oxygen atoms in total. The van der Waals surface area contributed by atoms with Crippen molar-refractivity contribution in [3.8, 4) is 0 Å². The molecule has 1 saturated heterocycles. The average Bonchev–Trinajstić information content (AvgIpc) is 2.60. The number of amides is 1. The maximum Gasteiger partial charge on any atom is 0.254 e. The Bertz CT molecular complexity index is 814. The fourth-order valence-corrected chi connectivity index (χ4v) is 3.08. The van der Waals surface area contributed by atoms with Gasteiger partial charge in [-0.2, -0.15) is 0 Å². The van der Waals surface area contributed by atoms with Gasteiger partial charge in [-0.1, -0.05) is 6.07 Å². The minimum atomic E-state index is -0.295. The number of pyridine rings is 2. The van der Waals surface area contributed by atoms with Crippen molar-refractivity contribution in [1.82, 2.24) is 14.9 Å². The van der Waals surface area contributed by atoms with Crippen LogP contribution in [0.25, 0.3) is 0 Å². The molecule has 1 fully saturated rings. The van der Waals surface area contributed by atoms with Crippen LogP contribution in [-0.2, 0) is 0 Å². The summed E-state index contributed by atoms with van der Waals surface area (Å²) in [5.74, 6) is -0.487. The number of aromatic amines is 1. The zero-order valence-electron chi connectivity index (χ0n) is 13.5. The first kappa shape index (κ1) is 16.1. The van der Waals surface area contributed by atoms with Gasteiger partial charge in [-0.3, -0.25) is 19.4 Å². The highest BCUT2D eigenvalue weighted by Gasteiger charge is 2.30. The van der Waals surface area contributed by atoms with Crippen molar-refractivity contribution in [3.63, 3.8) is 0 Å². The van der Waals surface area contributed by atoms with Gasteiger partial charge < -0.3 is 9.88 Å². The van der Waals surface area contributed by atoms with Crippen molar-refractivity contribution < 1.29 is 9.59 Å². The van der Waals surface area contributed by atoms with Crippen LogP contribution in [0.1, 0.15) is 39.4 Å². The molecule has 124 valence electrons. The summed E-state index contributed by atoms with van der Waals surface area (Å²) >= 11 is 0. The molecule has 1 amide bonds. The van der Waals surface area contributed by atoms with Crippen LogP contribution in [0, 0.1) is 12.8 Å². The lowest BCUT2D eigenvalue weighted by atomic mass is 9.91. The van der Waals surface area contributed by atoms with Gasteiger partial charge >= 0.3 is 0 Å². The second-order valence-corrected chi connectivity index (χ2v) is 6.09. The fourth-order valence-electron chi connectivity index (χ4n) is 3.08. The summed E-state index contributed by atoms with van der Waals surface area (Å²) < 4.78 is 0. The fraction of sp³-hybridized carbons (Fsp3) is 0.333. The zero-order valence-corrected chi connectivity index (χ0v) is 13.5. The van der Waals surface area contributed by atoms with Crippen molar-refractivity contribution in [2.75, 3.05) is 13.1 Å². The minimum absolute atomic E-state index is 0.0322. The molecule has 1 aliphatic rings. The summed E-state index contributed by atoms with van der Waals surface area (Å²) in [7, 11) is 0. The number of carbonyl (C=O) groups is 2. The molecule has 3 heterocycles. The molecule has 0 spiro atoms. The highest BCUT2D eigenvalue weighted by Crippen LogP contribution is 2.21. The van der Waals surface area contributed by atoms with Crippen LogP contribution in [0.4, 0.5) is 0 Å². The Kier molecular flexibility index (Phi) is 4.55. The van der Waals surface area contributed by atoms with E-state index in [1.54, 1.807) is 42.3 Å². The summed E-state index contributed by atoms with van der Waals surface area (Å²) in [4.78, 5) is 45.2. The normalized spacial score (nSPS) is 17.5. The first-order valence-electron chi connectivity index (χ1n) is 8.00. The predicted molar refractivity (Wildman–Crippen MR) is 89.0 cm³/mol. The number of carbonyl (C=O) groups excluding carboxylic acids is 2. The van der Waals surface area contributed by atoms with Gasteiger partial charge in [-0.15, -0.1) is 0 Å². The number of ketones is 1. The standard InChI is InChI=1S/C18H19N3O3/c1-12-9-14(10-16(22)20-12)18(24)21-8-4-5-13(11-21)17(23)15-6-2-3-7-19-15/h2-3,6-7,9-10,13H,4-5,8,11H2,1H3,(H,20,22)/t13-/m1/s1. The molecular formula is C18H19N3O3. The third kappa shape index (κ3) is 3.42. The number of nitrogens with zero attached hydrogens (tertiary/aromatic N) is 2. The predicted octanol–water partition coefficient (Wildman–Crippen LogP) is 1.81. The van der Waals surface area contributed by atoms with Crippen molar-refractivity contribution in [1.29, 1.82) is 0 Å². The third-order valence-corrected chi connectivity index (χ3v) is 4.22. The van der Waals surface area contributed by atoms with Crippen LogP contribution < -0.4 is 5.56 Å². The first-order chi connectivity index (χ1) is 11.5. The van der Waals surface area contributed by atoms with E-state index in [1.807, 2.05) is 0 Å². The largest absolute Gasteiger partial charge is 0.338 e. The molecule has 0 bridgehead atoms. The van der Waals surface area contributed by atoms with Gasteiger partial charge in [0.1, 0.15) is 5.69 Å². The lowest BCUT2D eigenvalue weighted by Crippen LogP contribution is -2.42. The summed E-state index contributed by atoms with van der Waals surface area (Å²) in [5.41, 5.74) is 1.14. The number of H-pyrrole nitrogens is 1. The second kappa shape index (κ2) is 6.78. The van der Waals surface area contributed by atoms with Crippen molar-refractivity contribution in [2.24, 2.45) is 5.92 Å². The number of piperidine rings is 1. The quantitative estimate of drug-likeness (QED) is 0.873. The lowest BCUT2D eigenvalue weighted by Gasteiger charge is -2.32. The summed E-state index contributed by atoms with van der Waals surface area (Å²) in [6.45, 7) is 2.69. The van der Waals surface area contributed by atoms with Gasteiger partial charge in [0.15, 0.2) is 5.78 Å². The van der Waals surface area contributed by atoms with Crippen molar-refractivity contribution in [3.05, 3.63) is 63.8 Å². The molecule has 0 aliphatic carbocycles. The zero-order chi connectivity index (χ0) is 17.1. The molecule has 1 N–H and O–H groups in total. The highest BCUT2D eigenvalue weighted by molar-refractivity contribution is 5.98. The number of nitrogens with one attached hydrogen (secondary N) is 1. The molecule has 0 unspecified atom stereocenters. The van der Waals surface area contributed by atoms with Crippen LogP contribution >= 0.6 is 0 Å². The Morgan fingerprint density at radius 2 is 2.12 bits per heavy atom. The minimum Gasteiger partial charge on any atom is -0.338 e. The summed E-state index contributed by atoms with van der Waals surface area (Å²) in [6.07, 6.45) is 3.10. The molecular weight excluding hydrogens is 306 g/mol. The van der Waals surface area contributed by atoms with Gasteiger partial charge in [0, 0.05) is 42.5 Å². The van der Waals surface area contributed by atoms with Gasteiger partial charge in [-0.25, -0.2) is 0 Å². The number of likely N-dealkylation sites (tertiary alicyclic amines) is 1. The van der Waals surface area contributed by atoms with Crippen LogP contribution in [0.3, 0.4) is 0 Å². The lowest BCUT2D eigenvalue weighted by molar-refractivity contribution is 0.0635. The van der Waals surface area contributed by atoms with Crippen LogP contribution in [0.5, 0.6) is 0 Å². The number of Topliss-reactive ketones (excluding diaryl/α,β-unsaturated/α-hetero) is 1. The Hall–Kier alpha value is -2.76. The van der Waals surface area contributed by atoms with E-state index in [-0.39, 0.29) is 23.2 Å². The number of hydrogen-bond donors (Lipinski definition) is 1. The van der Waals surface area contributed by atoms with Crippen molar-refractivity contribution >= 4 is 11.7 Å². The van der Waals surface area contributed by atoms with E-state index in [9.17, 15) is 14.4 Å². The second-order valence-electron chi connectivity index (χ2n) is 6.09. The van der Waals surface area contributed by atoms with Gasteiger partial charge in [0.25, 0.3) is 5.91 Å². The maximum absolute atomic E-state index is 12.7. The SMILES string of the molecule is Cc1cc(C(=O)N2CCC[C@@H](C(=O)c3ccccn3)C2)cc(=O)[nH]1. The maximum atomic E-state index is 12.7. The van der Waals surface area contributed by atoms with Crippen LogP contribution in [-0.4, -0.2) is 39.6 Å². The molecule has 1 aliphatic heterocycles. The molecule has 24 heavy (non-hydrogen) atoms. The van der Waals surface area contributed by atoms with Gasteiger partial charge in [-0.05, 0) is 38.0 Å². The van der Waals surface area contributed by atoms with E-state index >= 15 is 0 Å². The molecule has 1 atom stereocenters. The Labute approximate surface area is 139 Å². The summed E-state index contributed by atoms with van der Waals surface area (Å²) in [6, 6.07) is 8.21. The molecule has 6 heteroatoms. The Morgan fingerprint density at radius 3 is 2.83 bits per heavy atom. The molecule has 0 aromatic carbocycles. The third-order valence-electron chi connectivity index (χ3n) is 4.22. The van der Waals surface area contributed by atoms with Gasteiger partial charge in [0.05, 0.1) is 0 Å². The molecule has 2 aromatic heterocycles. The molecule has 0 radical (unpaired) electrons. The number of aromatic nitrogens is 2. The topological polar surface area (TPSA) is 83.1 Å². The van der Waals surface area contributed by atoms with Gasteiger partial charge in [0.2, 0.25) is 5.56 Å². The Morgan fingerprint density at radius 1 is 1.29 bits per heavy atom. The molecule has 0 saturated carbocycles. The van der Waals surface area contributed by atoms with E-state index < -0.39 is 0 Å². The van der Waals surface area contributed by atoms with Crippen LogP contribution in [0.15, 0.2) is 41.3 Å². The van der Waals surface area contributed by atoms with E-state index in [4.69, 9.17) is 0 Å². The van der Waals surface area contributed by atoms with Crippen molar-refractivity contribution in [2.45, 2.75) is 19.8 Å². The van der Waals surface area contributed by atoms with E-state index in [2.05, 4.69) is 9.97 Å². The highest BCUT2D eigenvalue weighted by atomic mass is 16.2. The number of aryl methyl sites for hydroxylation is 1. The van der Waals surface area contributed by atoms with E-state index in [1.165, 1.54) is 6.07 Å². The van der Waals surface area contributed by atoms with E-state index in [0.29, 0.717) is 30.0 Å². The number of hydrogen-bond acceptors (Lipinski definition) is 4. The monoisotopic (exact) mass is 325 g/mol. The van der Waals surface area contributed by atoms with Crippen LogP contribution in [0.2, 0.25) is 0 Å². The first-order valence-corrected chi connectivity index (χ1v) is 8.00. The van der Waals surface area contributed by atoms with E-state index in [0.717, 1.165) is 12.8 Å². The smallest absolute Gasteiger partial charge is 0.254 e. The Balaban J connectivity index is 1.77. The molecule has 3 rings (SSSR count).